The van der Waals surface area contributed by atoms with Crippen LogP contribution in [0.5, 0.6) is 0 Å². The molecule has 0 spiro atoms. The Kier molecular flexibility index (Phi) is 10.3. The highest BCUT2D eigenvalue weighted by atomic mass is 35.5. The summed E-state index contributed by atoms with van der Waals surface area (Å²) < 4.78 is 27.0. The lowest BCUT2D eigenvalue weighted by Gasteiger charge is -2.34. The number of hydrogen-bond donors (Lipinski definition) is 1. The lowest BCUT2D eigenvalue weighted by atomic mass is 10.0. The van der Waals surface area contributed by atoms with Crippen LogP contribution in [-0.4, -0.2) is 50.0 Å². The molecular formula is C31H35Cl2N3O4S. The molecule has 1 saturated carbocycles. The van der Waals surface area contributed by atoms with Crippen LogP contribution in [0.4, 0.5) is 5.69 Å². The van der Waals surface area contributed by atoms with Gasteiger partial charge in [0.25, 0.3) is 0 Å². The van der Waals surface area contributed by atoms with Gasteiger partial charge < -0.3 is 10.2 Å². The Hall–Kier alpha value is -3.07. The van der Waals surface area contributed by atoms with E-state index in [1.165, 1.54) is 11.0 Å². The number of benzene rings is 3. The Morgan fingerprint density at radius 2 is 1.59 bits per heavy atom. The lowest BCUT2D eigenvalue weighted by Crippen LogP contribution is -2.54. The standard InChI is InChI=1S/C31H35Cl2N3O4S/c1-22-15-16-26(33)19-28(22)36(41(2,39)40)21-30(37)35(20-24-11-8-12-25(32)17-24)29(18-23-9-4-3-5-10-23)31(38)34-27-13-6-7-14-27/h3-5,8-12,15-17,19,27,29H,6-7,13-14,18,20-21H2,1-2H3,(H,34,38)/t29-/m1/s1. The van der Waals surface area contributed by atoms with Crippen LogP contribution in [0.2, 0.25) is 10.0 Å². The van der Waals surface area contributed by atoms with Gasteiger partial charge in [0.1, 0.15) is 12.6 Å². The van der Waals surface area contributed by atoms with Crippen LogP contribution >= 0.6 is 23.2 Å². The van der Waals surface area contributed by atoms with Crippen molar-refractivity contribution in [3.63, 3.8) is 0 Å². The molecule has 1 aliphatic rings. The third-order valence-electron chi connectivity index (χ3n) is 7.33. The van der Waals surface area contributed by atoms with Gasteiger partial charge in [-0.2, -0.15) is 0 Å². The van der Waals surface area contributed by atoms with E-state index < -0.39 is 28.5 Å². The number of nitrogens with one attached hydrogen (secondary N) is 1. The van der Waals surface area contributed by atoms with Gasteiger partial charge in [0.15, 0.2) is 0 Å². The van der Waals surface area contributed by atoms with E-state index in [2.05, 4.69) is 5.32 Å². The lowest BCUT2D eigenvalue weighted by molar-refractivity contribution is -0.140. The monoisotopic (exact) mass is 615 g/mol. The average Bonchev–Trinajstić information content (AvgIpc) is 3.43. The summed E-state index contributed by atoms with van der Waals surface area (Å²) in [6, 6.07) is 20.6. The first-order valence-corrected chi connectivity index (χ1v) is 16.2. The van der Waals surface area contributed by atoms with Crippen molar-refractivity contribution in [1.82, 2.24) is 10.2 Å². The van der Waals surface area contributed by atoms with Crippen molar-refractivity contribution in [2.45, 2.75) is 57.7 Å². The zero-order valence-electron chi connectivity index (χ0n) is 23.2. The number of halogens is 2. The van der Waals surface area contributed by atoms with Crippen molar-refractivity contribution in [3.05, 3.63) is 99.5 Å². The van der Waals surface area contributed by atoms with E-state index in [9.17, 15) is 18.0 Å². The van der Waals surface area contributed by atoms with Crippen LogP contribution in [0.25, 0.3) is 0 Å². The first-order valence-electron chi connectivity index (χ1n) is 13.6. The zero-order valence-corrected chi connectivity index (χ0v) is 25.6. The smallest absolute Gasteiger partial charge is 0.244 e. The van der Waals surface area contributed by atoms with Crippen LogP contribution in [0, 0.1) is 6.92 Å². The predicted molar refractivity (Wildman–Crippen MR) is 165 cm³/mol. The number of nitrogens with zero attached hydrogens (tertiary/aromatic N) is 2. The van der Waals surface area contributed by atoms with Crippen LogP contribution in [0.3, 0.4) is 0 Å². The Balaban J connectivity index is 1.74. The van der Waals surface area contributed by atoms with Crippen molar-refractivity contribution < 1.29 is 18.0 Å². The molecule has 3 aromatic carbocycles. The Labute approximate surface area is 252 Å². The van der Waals surface area contributed by atoms with Gasteiger partial charge >= 0.3 is 0 Å². The van der Waals surface area contributed by atoms with E-state index in [1.54, 1.807) is 37.3 Å². The third kappa shape index (κ3) is 8.47. The molecular weight excluding hydrogens is 581 g/mol. The molecule has 1 aliphatic carbocycles. The van der Waals surface area contributed by atoms with Crippen molar-refractivity contribution in [2.75, 3.05) is 17.1 Å². The number of aryl methyl sites for hydroxylation is 1. The van der Waals surface area contributed by atoms with Gasteiger partial charge in [-0.3, -0.25) is 13.9 Å². The first-order chi connectivity index (χ1) is 19.5. The third-order valence-corrected chi connectivity index (χ3v) is 8.93. The number of carbonyl (C=O) groups is 2. The largest absolute Gasteiger partial charge is 0.352 e. The number of anilines is 1. The normalized spacial score (nSPS) is 14.4. The van der Waals surface area contributed by atoms with E-state index in [0.29, 0.717) is 21.3 Å². The number of hydrogen-bond acceptors (Lipinski definition) is 4. The Bertz CT molecular complexity index is 1480. The SMILES string of the molecule is Cc1ccc(Cl)cc1N(CC(=O)N(Cc1cccc(Cl)c1)[C@H](Cc1ccccc1)C(=O)NC1CCCC1)S(C)(=O)=O. The topological polar surface area (TPSA) is 86.8 Å². The second-order valence-electron chi connectivity index (χ2n) is 10.5. The maximum Gasteiger partial charge on any atom is 0.244 e. The number of sulfonamides is 1. The van der Waals surface area contributed by atoms with E-state index in [4.69, 9.17) is 23.2 Å². The molecule has 41 heavy (non-hydrogen) atoms. The van der Waals surface area contributed by atoms with E-state index in [1.807, 2.05) is 36.4 Å². The summed E-state index contributed by atoms with van der Waals surface area (Å²) >= 11 is 12.5. The van der Waals surface area contributed by atoms with Crippen molar-refractivity contribution in [2.24, 2.45) is 0 Å². The zero-order chi connectivity index (χ0) is 29.6. The molecule has 1 N–H and O–H groups in total. The van der Waals surface area contributed by atoms with Gasteiger partial charge in [-0.1, -0.05) is 84.6 Å². The van der Waals surface area contributed by atoms with Gasteiger partial charge in [-0.15, -0.1) is 0 Å². The second-order valence-corrected chi connectivity index (χ2v) is 13.3. The molecule has 2 amide bonds. The minimum atomic E-state index is -3.88. The van der Waals surface area contributed by atoms with E-state index in [-0.39, 0.29) is 24.9 Å². The Morgan fingerprint density at radius 3 is 2.24 bits per heavy atom. The van der Waals surface area contributed by atoms with E-state index in [0.717, 1.165) is 47.4 Å². The molecule has 0 heterocycles. The van der Waals surface area contributed by atoms with Gasteiger partial charge in [0.05, 0.1) is 11.9 Å². The molecule has 10 heteroatoms. The summed E-state index contributed by atoms with van der Waals surface area (Å²) in [7, 11) is -3.88. The summed E-state index contributed by atoms with van der Waals surface area (Å²) in [5.74, 6) is -0.779. The minimum absolute atomic E-state index is 0.0468. The molecule has 0 unspecified atom stereocenters. The van der Waals surface area contributed by atoms with Gasteiger partial charge in [-0.25, -0.2) is 8.42 Å². The highest BCUT2D eigenvalue weighted by molar-refractivity contribution is 7.92. The summed E-state index contributed by atoms with van der Waals surface area (Å²) in [5, 5.41) is 4.00. The molecule has 1 fully saturated rings. The van der Waals surface area contributed by atoms with Crippen molar-refractivity contribution >= 4 is 50.7 Å². The molecule has 0 bridgehead atoms. The van der Waals surface area contributed by atoms with Crippen molar-refractivity contribution in [1.29, 1.82) is 0 Å². The second kappa shape index (κ2) is 13.7. The summed E-state index contributed by atoms with van der Waals surface area (Å²) in [5.41, 5.74) is 2.57. The summed E-state index contributed by atoms with van der Waals surface area (Å²) in [6.07, 6.45) is 5.18. The number of amides is 2. The molecule has 0 aromatic heterocycles. The molecule has 3 aromatic rings. The molecule has 0 aliphatic heterocycles. The highest BCUT2D eigenvalue weighted by Crippen LogP contribution is 2.27. The van der Waals surface area contributed by atoms with Crippen LogP contribution in [0.1, 0.15) is 42.4 Å². The van der Waals surface area contributed by atoms with Crippen LogP contribution in [0.15, 0.2) is 72.8 Å². The number of rotatable bonds is 11. The molecule has 218 valence electrons. The van der Waals surface area contributed by atoms with Gasteiger partial charge in [-0.05, 0) is 60.7 Å². The average molecular weight is 617 g/mol. The molecule has 7 nitrogen and oxygen atoms in total. The maximum atomic E-state index is 14.2. The summed E-state index contributed by atoms with van der Waals surface area (Å²) in [4.78, 5) is 29.6. The van der Waals surface area contributed by atoms with Gasteiger partial charge in [0.2, 0.25) is 21.8 Å². The molecule has 4 rings (SSSR count). The van der Waals surface area contributed by atoms with E-state index >= 15 is 0 Å². The minimum Gasteiger partial charge on any atom is -0.352 e. The molecule has 1 atom stereocenters. The quantitative estimate of drug-likeness (QED) is 0.297. The fraction of sp³-hybridized carbons (Fsp3) is 0.355. The first kappa shape index (κ1) is 30.9. The Morgan fingerprint density at radius 1 is 0.927 bits per heavy atom. The molecule has 0 saturated heterocycles. The predicted octanol–water partition coefficient (Wildman–Crippen LogP) is 5.77. The maximum absolute atomic E-state index is 14.2. The van der Waals surface area contributed by atoms with Gasteiger partial charge in [0, 0.05) is 29.1 Å². The fourth-order valence-corrected chi connectivity index (χ4v) is 6.48. The van der Waals surface area contributed by atoms with Crippen molar-refractivity contribution in [3.8, 4) is 0 Å². The van der Waals surface area contributed by atoms with Crippen LogP contribution < -0.4 is 9.62 Å². The molecule has 0 radical (unpaired) electrons. The fourth-order valence-electron chi connectivity index (χ4n) is 5.20. The number of carbonyl (C=O) groups excluding carboxylic acids is 2. The highest BCUT2D eigenvalue weighted by Gasteiger charge is 2.34. The van der Waals surface area contributed by atoms with Crippen LogP contribution in [-0.2, 0) is 32.6 Å². The summed E-state index contributed by atoms with van der Waals surface area (Å²) in [6.45, 7) is 1.33.